The van der Waals surface area contributed by atoms with Crippen LogP contribution in [0.25, 0.3) is 0 Å². The molecular formula is C25H42N4O2. The van der Waals surface area contributed by atoms with Gasteiger partial charge in [0.15, 0.2) is 5.96 Å². The number of piperidine rings is 1. The van der Waals surface area contributed by atoms with Crippen molar-refractivity contribution in [2.24, 2.45) is 10.9 Å². The van der Waals surface area contributed by atoms with Crippen molar-refractivity contribution in [3.63, 3.8) is 0 Å². The van der Waals surface area contributed by atoms with Crippen LogP contribution in [0.15, 0.2) is 29.3 Å². The van der Waals surface area contributed by atoms with E-state index >= 15 is 0 Å². The summed E-state index contributed by atoms with van der Waals surface area (Å²) in [7, 11) is 1.78. The van der Waals surface area contributed by atoms with E-state index in [0.717, 1.165) is 77.6 Å². The van der Waals surface area contributed by atoms with Gasteiger partial charge in [0.2, 0.25) is 0 Å². The Hall–Kier alpha value is -1.63. The molecule has 31 heavy (non-hydrogen) atoms. The van der Waals surface area contributed by atoms with E-state index in [1.165, 1.54) is 17.5 Å². The van der Waals surface area contributed by atoms with E-state index in [1.54, 1.807) is 7.11 Å². The Balaban J connectivity index is 1.53. The minimum absolute atomic E-state index is 0.149. The van der Waals surface area contributed by atoms with Gasteiger partial charge in [0, 0.05) is 65.0 Å². The Kier molecular flexibility index (Phi) is 10.1. The molecule has 0 aliphatic carbocycles. The largest absolute Gasteiger partial charge is 0.385 e. The second-order valence-electron chi connectivity index (χ2n) is 8.93. The highest BCUT2D eigenvalue weighted by molar-refractivity contribution is 5.80. The van der Waals surface area contributed by atoms with E-state index in [1.807, 2.05) is 0 Å². The molecule has 1 aromatic rings. The number of rotatable bonds is 9. The molecule has 2 aliphatic rings. The molecule has 2 atom stereocenters. The molecule has 174 valence electrons. The van der Waals surface area contributed by atoms with E-state index < -0.39 is 0 Å². The summed E-state index contributed by atoms with van der Waals surface area (Å²) in [4.78, 5) is 7.54. The lowest BCUT2D eigenvalue weighted by atomic mass is 9.89. The molecule has 6 heteroatoms. The molecular weight excluding hydrogens is 388 g/mol. The summed E-state index contributed by atoms with van der Waals surface area (Å²) in [5, 5.41) is 7.15. The fourth-order valence-electron chi connectivity index (χ4n) is 4.61. The third-order valence-corrected chi connectivity index (χ3v) is 6.43. The maximum atomic E-state index is 6.19. The number of likely N-dealkylation sites (tertiary alicyclic amines) is 1. The first-order valence-electron chi connectivity index (χ1n) is 12.1. The molecule has 2 aliphatic heterocycles. The second kappa shape index (κ2) is 13.0. The topological polar surface area (TPSA) is 58.1 Å². The maximum absolute atomic E-state index is 6.19. The summed E-state index contributed by atoms with van der Waals surface area (Å²) < 4.78 is 11.4. The predicted molar refractivity (Wildman–Crippen MR) is 128 cm³/mol. The van der Waals surface area contributed by atoms with Crippen LogP contribution in [0.1, 0.15) is 56.3 Å². The normalized spacial score (nSPS) is 23.6. The molecule has 1 aromatic carbocycles. The second-order valence-corrected chi connectivity index (χ2v) is 8.93. The lowest BCUT2D eigenvalue weighted by molar-refractivity contribution is -0.0250. The smallest absolute Gasteiger partial charge is 0.191 e. The van der Waals surface area contributed by atoms with E-state index in [-0.39, 0.29) is 6.10 Å². The van der Waals surface area contributed by atoms with Crippen molar-refractivity contribution in [3.8, 4) is 0 Å². The summed E-state index contributed by atoms with van der Waals surface area (Å²) in [6.45, 7) is 11.1. The average Bonchev–Trinajstić information content (AvgIpc) is 2.80. The molecule has 3 rings (SSSR count). The molecule has 0 saturated carbocycles. The number of aryl methyl sites for hydroxylation is 1. The Bertz CT molecular complexity index is 656. The number of benzene rings is 1. The molecule has 0 amide bonds. The van der Waals surface area contributed by atoms with Crippen LogP contribution in [0, 0.1) is 12.8 Å². The fourth-order valence-corrected chi connectivity index (χ4v) is 4.61. The molecule has 2 saturated heterocycles. The summed E-state index contributed by atoms with van der Waals surface area (Å²) in [6.07, 6.45) is 5.88. The summed E-state index contributed by atoms with van der Waals surface area (Å²) >= 11 is 0. The molecule has 6 nitrogen and oxygen atoms in total. The van der Waals surface area contributed by atoms with E-state index in [4.69, 9.17) is 14.5 Å². The first-order chi connectivity index (χ1) is 15.2. The Morgan fingerprint density at radius 1 is 1.19 bits per heavy atom. The van der Waals surface area contributed by atoms with Gasteiger partial charge >= 0.3 is 0 Å². The van der Waals surface area contributed by atoms with Gasteiger partial charge in [-0.25, -0.2) is 0 Å². The standard InChI is InChI=1S/C25H42N4O2/c1-4-26-25(28-23-12-15-29(16-13-23)14-6-17-30-3)27-19-22-7-5-18-31-24(22)21-10-8-20(2)9-11-21/h8-11,22-24H,4-7,12-19H2,1-3H3,(H2,26,27,28). The number of ether oxygens (including phenoxy) is 2. The first-order valence-corrected chi connectivity index (χ1v) is 12.1. The monoisotopic (exact) mass is 430 g/mol. The maximum Gasteiger partial charge on any atom is 0.191 e. The van der Waals surface area contributed by atoms with Crippen LogP contribution in [0.4, 0.5) is 0 Å². The highest BCUT2D eigenvalue weighted by atomic mass is 16.5. The average molecular weight is 431 g/mol. The summed E-state index contributed by atoms with van der Waals surface area (Å²) in [5.41, 5.74) is 2.57. The van der Waals surface area contributed by atoms with Crippen LogP contribution in [0.3, 0.4) is 0 Å². The van der Waals surface area contributed by atoms with Crippen LogP contribution in [-0.2, 0) is 9.47 Å². The van der Waals surface area contributed by atoms with E-state index in [2.05, 4.69) is 53.6 Å². The molecule has 2 unspecified atom stereocenters. The van der Waals surface area contributed by atoms with Crippen molar-refractivity contribution in [3.05, 3.63) is 35.4 Å². The zero-order valence-electron chi connectivity index (χ0n) is 19.7. The lowest BCUT2D eigenvalue weighted by Crippen LogP contribution is -2.49. The highest BCUT2D eigenvalue weighted by Gasteiger charge is 2.27. The van der Waals surface area contributed by atoms with Crippen molar-refractivity contribution in [1.29, 1.82) is 0 Å². The predicted octanol–water partition coefficient (Wildman–Crippen LogP) is 3.52. The number of methoxy groups -OCH3 is 1. The molecule has 2 N–H and O–H groups in total. The van der Waals surface area contributed by atoms with Gasteiger partial charge in [-0.05, 0) is 51.5 Å². The van der Waals surface area contributed by atoms with Gasteiger partial charge in [-0.15, -0.1) is 0 Å². The Morgan fingerprint density at radius 3 is 2.68 bits per heavy atom. The van der Waals surface area contributed by atoms with Gasteiger partial charge in [0.1, 0.15) is 0 Å². The van der Waals surface area contributed by atoms with E-state index in [0.29, 0.717) is 12.0 Å². The third-order valence-electron chi connectivity index (χ3n) is 6.43. The Morgan fingerprint density at radius 2 is 1.97 bits per heavy atom. The highest BCUT2D eigenvalue weighted by Crippen LogP contribution is 2.34. The van der Waals surface area contributed by atoms with Crippen molar-refractivity contribution in [2.45, 2.75) is 58.1 Å². The van der Waals surface area contributed by atoms with Gasteiger partial charge in [0.05, 0.1) is 6.10 Å². The van der Waals surface area contributed by atoms with Crippen LogP contribution in [0.5, 0.6) is 0 Å². The van der Waals surface area contributed by atoms with Gasteiger partial charge in [0.25, 0.3) is 0 Å². The summed E-state index contributed by atoms with van der Waals surface area (Å²) in [6, 6.07) is 9.28. The first kappa shape index (κ1) is 24.0. The third kappa shape index (κ3) is 7.78. The molecule has 2 fully saturated rings. The quantitative estimate of drug-likeness (QED) is 0.357. The zero-order chi connectivity index (χ0) is 21.9. The van der Waals surface area contributed by atoms with Crippen LogP contribution in [0.2, 0.25) is 0 Å². The molecule has 2 heterocycles. The molecule has 0 spiro atoms. The van der Waals surface area contributed by atoms with E-state index in [9.17, 15) is 0 Å². The van der Waals surface area contributed by atoms with Crippen molar-refractivity contribution in [1.82, 2.24) is 15.5 Å². The van der Waals surface area contributed by atoms with Gasteiger partial charge in [-0.2, -0.15) is 0 Å². The number of guanidine groups is 1. The SMILES string of the molecule is CCNC(=NCC1CCCOC1c1ccc(C)cc1)NC1CCN(CCCOC)CC1. The molecule has 0 radical (unpaired) electrons. The number of nitrogens with one attached hydrogen (secondary N) is 2. The fraction of sp³-hybridized carbons (Fsp3) is 0.720. The van der Waals surface area contributed by atoms with Gasteiger partial charge < -0.3 is 25.0 Å². The van der Waals surface area contributed by atoms with Gasteiger partial charge in [-0.1, -0.05) is 29.8 Å². The number of nitrogens with zero attached hydrogens (tertiary/aromatic N) is 2. The number of hydrogen-bond donors (Lipinski definition) is 2. The minimum atomic E-state index is 0.149. The van der Waals surface area contributed by atoms with Crippen molar-refractivity contribution in [2.75, 3.05) is 53.0 Å². The Labute approximate surface area is 188 Å². The zero-order valence-corrected chi connectivity index (χ0v) is 19.7. The van der Waals surface area contributed by atoms with Crippen LogP contribution in [-0.4, -0.2) is 69.9 Å². The number of hydrogen-bond acceptors (Lipinski definition) is 4. The summed E-state index contributed by atoms with van der Waals surface area (Å²) in [5.74, 6) is 1.38. The lowest BCUT2D eigenvalue weighted by Gasteiger charge is -2.33. The van der Waals surface area contributed by atoms with Crippen molar-refractivity contribution >= 4 is 5.96 Å². The molecule has 0 aromatic heterocycles. The van der Waals surface area contributed by atoms with Crippen molar-refractivity contribution < 1.29 is 9.47 Å². The number of aliphatic imine (C=N–C) groups is 1. The minimum Gasteiger partial charge on any atom is -0.385 e. The van der Waals surface area contributed by atoms with Gasteiger partial charge in [-0.3, -0.25) is 4.99 Å². The van der Waals surface area contributed by atoms with Crippen LogP contribution < -0.4 is 10.6 Å². The van der Waals surface area contributed by atoms with Crippen LogP contribution >= 0.6 is 0 Å². The molecule has 0 bridgehead atoms.